The number of benzene rings is 2. The third-order valence-corrected chi connectivity index (χ3v) is 3.50. The Bertz CT molecular complexity index is 674. The molecule has 0 aliphatic heterocycles. The van der Waals surface area contributed by atoms with Crippen LogP contribution in [-0.4, -0.2) is 27.4 Å². The highest BCUT2D eigenvalue weighted by atomic mass is 16.5. The topological polar surface area (TPSA) is 68.8 Å². The number of rotatable bonds is 6. The Morgan fingerprint density at radius 1 is 0.958 bits per heavy atom. The number of hydrogen-bond acceptors (Lipinski definition) is 4. The van der Waals surface area contributed by atoms with Crippen molar-refractivity contribution < 1.29 is 19.0 Å². The van der Waals surface area contributed by atoms with Crippen molar-refractivity contribution in [3.63, 3.8) is 0 Å². The summed E-state index contributed by atoms with van der Waals surface area (Å²) in [6.07, 6.45) is 0. The lowest BCUT2D eigenvalue weighted by Gasteiger charge is -2.15. The van der Waals surface area contributed by atoms with Crippen molar-refractivity contribution in [1.29, 1.82) is 0 Å². The van der Waals surface area contributed by atoms with E-state index in [-0.39, 0.29) is 6.03 Å². The number of urea groups is 1. The van der Waals surface area contributed by atoms with Crippen LogP contribution in [0.25, 0.3) is 0 Å². The van der Waals surface area contributed by atoms with Gasteiger partial charge in [0, 0.05) is 18.7 Å². The molecule has 0 saturated carbocycles. The van der Waals surface area contributed by atoms with Gasteiger partial charge < -0.3 is 24.8 Å². The van der Waals surface area contributed by atoms with Gasteiger partial charge in [-0.3, -0.25) is 0 Å². The fraction of sp³-hybridized carbons (Fsp3) is 0.278. The summed E-state index contributed by atoms with van der Waals surface area (Å²) in [5.74, 6) is 1.43. The number of anilines is 1. The van der Waals surface area contributed by atoms with Crippen LogP contribution in [0.15, 0.2) is 36.4 Å². The summed E-state index contributed by atoms with van der Waals surface area (Å²) in [7, 11) is 4.58. The zero-order valence-electron chi connectivity index (χ0n) is 14.3. The van der Waals surface area contributed by atoms with Gasteiger partial charge >= 0.3 is 6.03 Å². The first kappa shape index (κ1) is 17.5. The summed E-state index contributed by atoms with van der Waals surface area (Å²) >= 11 is 0. The molecule has 0 radical (unpaired) electrons. The van der Waals surface area contributed by atoms with Crippen molar-refractivity contribution in [3.05, 3.63) is 47.5 Å². The molecule has 0 aromatic heterocycles. The Kier molecular flexibility index (Phi) is 5.89. The van der Waals surface area contributed by atoms with Crippen LogP contribution < -0.4 is 24.8 Å². The van der Waals surface area contributed by atoms with Crippen molar-refractivity contribution in [1.82, 2.24) is 5.32 Å². The van der Waals surface area contributed by atoms with E-state index in [1.54, 1.807) is 12.1 Å². The summed E-state index contributed by atoms with van der Waals surface area (Å²) in [5, 5.41) is 5.57. The van der Waals surface area contributed by atoms with Crippen LogP contribution in [-0.2, 0) is 6.54 Å². The normalized spacial score (nSPS) is 10.0. The SMILES string of the molecule is COc1cc(NC(=O)NCc2ccc(C)cc2)cc(OC)c1OC. The first-order valence-corrected chi connectivity index (χ1v) is 7.47. The van der Waals surface area contributed by atoms with Gasteiger partial charge in [-0.15, -0.1) is 0 Å². The Balaban J connectivity index is 2.04. The summed E-state index contributed by atoms with van der Waals surface area (Å²) in [5.41, 5.74) is 2.76. The van der Waals surface area contributed by atoms with Crippen LogP contribution in [0.3, 0.4) is 0 Å². The third-order valence-electron chi connectivity index (χ3n) is 3.50. The minimum absolute atomic E-state index is 0.315. The van der Waals surface area contributed by atoms with Crippen molar-refractivity contribution in [2.24, 2.45) is 0 Å². The zero-order chi connectivity index (χ0) is 17.5. The van der Waals surface area contributed by atoms with E-state index in [0.29, 0.717) is 29.5 Å². The first-order valence-electron chi connectivity index (χ1n) is 7.47. The number of nitrogens with one attached hydrogen (secondary N) is 2. The maximum absolute atomic E-state index is 12.1. The number of carbonyl (C=O) groups is 1. The smallest absolute Gasteiger partial charge is 0.319 e. The molecule has 2 aromatic carbocycles. The molecule has 0 atom stereocenters. The average molecular weight is 330 g/mol. The van der Waals surface area contributed by atoms with E-state index >= 15 is 0 Å². The average Bonchev–Trinajstić information content (AvgIpc) is 2.60. The molecule has 2 rings (SSSR count). The van der Waals surface area contributed by atoms with Crippen molar-refractivity contribution in [2.75, 3.05) is 26.6 Å². The Labute approximate surface area is 141 Å². The fourth-order valence-corrected chi connectivity index (χ4v) is 2.22. The molecular weight excluding hydrogens is 308 g/mol. The summed E-state index contributed by atoms with van der Waals surface area (Å²) < 4.78 is 15.8. The van der Waals surface area contributed by atoms with Gasteiger partial charge in [-0.1, -0.05) is 29.8 Å². The second kappa shape index (κ2) is 8.10. The van der Waals surface area contributed by atoms with Gasteiger partial charge in [-0.25, -0.2) is 4.79 Å². The van der Waals surface area contributed by atoms with E-state index in [1.165, 1.54) is 26.9 Å². The highest BCUT2D eigenvalue weighted by Crippen LogP contribution is 2.39. The van der Waals surface area contributed by atoms with Gasteiger partial charge in [-0.2, -0.15) is 0 Å². The molecule has 0 heterocycles. The molecule has 2 amide bonds. The van der Waals surface area contributed by atoms with Gasteiger partial charge in [0.2, 0.25) is 5.75 Å². The fourth-order valence-electron chi connectivity index (χ4n) is 2.22. The molecule has 2 aromatic rings. The monoisotopic (exact) mass is 330 g/mol. The van der Waals surface area contributed by atoms with Gasteiger partial charge in [0.05, 0.1) is 27.0 Å². The minimum Gasteiger partial charge on any atom is -0.493 e. The number of methoxy groups -OCH3 is 3. The Hall–Kier alpha value is -2.89. The molecule has 0 aliphatic carbocycles. The second-order valence-corrected chi connectivity index (χ2v) is 5.21. The molecule has 2 N–H and O–H groups in total. The van der Waals surface area contributed by atoms with E-state index in [2.05, 4.69) is 10.6 Å². The third kappa shape index (κ3) is 4.32. The highest BCUT2D eigenvalue weighted by molar-refractivity contribution is 5.90. The quantitative estimate of drug-likeness (QED) is 0.852. The number of amides is 2. The molecule has 128 valence electrons. The van der Waals surface area contributed by atoms with E-state index < -0.39 is 0 Å². The first-order chi connectivity index (χ1) is 11.6. The summed E-state index contributed by atoms with van der Waals surface area (Å²) in [4.78, 5) is 12.1. The van der Waals surface area contributed by atoms with E-state index in [4.69, 9.17) is 14.2 Å². The van der Waals surface area contributed by atoms with E-state index in [0.717, 1.165) is 5.56 Å². The van der Waals surface area contributed by atoms with Crippen molar-refractivity contribution >= 4 is 11.7 Å². The molecule has 0 unspecified atom stereocenters. The van der Waals surface area contributed by atoms with Crippen molar-refractivity contribution in [3.8, 4) is 17.2 Å². The summed E-state index contributed by atoms with van der Waals surface area (Å²) in [6.45, 7) is 2.46. The molecule has 0 bridgehead atoms. The van der Waals surface area contributed by atoms with Gasteiger partial charge in [0.1, 0.15) is 0 Å². The van der Waals surface area contributed by atoms with E-state index in [9.17, 15) is 4.79 Å². The van der Waals surface area contributed by atoms with Gasteiger partial charge in [0.15, 0.2) is 11.5 Å². The molecular formula is C18H22N2O4. The van der Waals surface area contributed by atoms with Crippen LogP contribution in [0.5, 0.6) is 17.2 Å². The standard InChI is InChI=1S/C18H22N2O4/c1-12-5-7-13(8-6-12)11-19-18(21)20-14-9-15(22-2)17(24-4)16(10-14)23-3/h5-10H,11H2,1-4H3,(H2,19,20,21). The number of carbonyl (C=O) groups excluding carboxylic acids is 1. The minimum atomic E-state index is -0.315. The molecule has 24 heavy (non-hydrogen) atoms. The van der Waals surface area contributed by atoms with Gasteiger partial charge in [-0.05, 0) is 12.5 Å². The lowest BCUT2D eigenvalue weighted by Crippen LogP contribution is -2.28. The molecule has 0 fully saturated rings. The second-order valence-electron chi connectivity index (χ2n) is 5.21. The highest BCUT2D eigenvalue weighted by Gasteiger charge is 2.14. The lowest BCUT2D eigenvalue weighted by atomic mass is 10.1. The molecule has 6 nitrogen and oxygen atoms in total. The lowest BCUT2D eigenvalue weighted by molar-refractivity contribution is 0.251. The van der Waals surface area contributed by atoms with Crippen LogP contribution >= 0.6 is 0 Å². The maximum Gasteiger partial charge on any atom is 0.319 e. The largest absolute Gasteiger partial charge is 0.493 e. The number of ether oxygens (including phenoxy) is 3. The predicted octanol–water partition coefficient (Wildman–Crippen LogP) is 3.34. The zero-order valence-corrected chi connectivity index (χ0v) is 14.3. The van der Waals surface area contributed by atoms with E-state index in [1.807, 2.05) is 31.2 Å². The van der Waals surface area contributed by atoms with Crippen LogP contribution in [0.1, 0.15) is 11.1 Å². The number of hydrogen-bond donors (Lipinski definition) is 2. The van der Waals surface area contributed by atoms with Crippen LogP contribution in [0, 0.1) is 6.92 Å². The van der Waals surface area contributed by atoms with Crippen molar-refractivity contribution in [2.45, 2.75) is 13.5 Å². The predicted molar refractivity (Wildman–Crippen MR) is 93.1 cm³/mol. The van der Waals surface area contributed by atoms with Gasteiger partial charge in [0.25, 0.3) is 0 Å². The Morgan fingerprint density at radius 2 is 1.54 bits per heavy atom. The Morgan fingerprint density at radius 3 is 2.04 bits per heavy atom. The molecule has 0 aliphatic rings. The molecule has 6 heteroatoms. The number of aryl methyl sites for hydroxylation is 1. The molecule has 0 saturated heterocycles. The summed E-state index contributed by atoms with van der Waals surface area (Å²) in [6, 6.07) is 11.0. The maximum atomic E-state index is 12.1. The molecule has 0 spiro atoms. The van der Waals surface area contributed by atoms with Crippen LogP contribution in [0.4, 0.5) is 10.5 Å². The van der Waals surface area contributed by atoms with Crippen LogP contribution in [0.2, 0.25) is 0 Å².